The first-order valence-electron chi connectivity index (χ1n) is 6.37. The number of nitrogens with one attached hydrogen (secondary N) is 1. The van der Waals surface area contributed by atoms with Crippen LogP contribution in [0.2, 0.25) is 0 Å². The average molecular weight is 214 g/mol. The van der Waals surface area contributed by atoms with E-state index in [0.29, 0.717) is 6.04 Å². The van der Waals surface area contributed by atoms with Gasteiger partial charge in [0.25, 0.3) is 0 Å². The second kappa shape index (κ2) is 7.20. The van der Waals surface area contributed by atoms with Crippen LogP contribution in [0.3, 0.4) is 0 Å². The lowest BCUT2D eigenvalue weighted by atomic mass is 10.1. The summed E-state index contributed by atoms with van der Waals surface area (Å²) in [4.78, 5) is 2.55. The molecule has 0 spiro atoms. The van der Waals surface area contributed by atoms with E-state index in [4.69, 9.17) is 0 Å². The van der Waals surface area contributed by atoms with Gasteiger partial charge in [0.1, 0.15) is 0 Å². The Balaban J connectivity index is 2.09. The Morgan fingerprint density at radius 1 is 1.20 bits per heavy atom. The molecule has 0 amide bonds. The Labute approximate surface area is 93.9 Å². The molecule has 1 fully saturated rings. The molecule has 90 valence electrons. The first-order chi connectivity index (χ1) is 7.24. The molecule has 0 radical (unpaired) electrons. The molecular formula is C12H26N2O. The Morgan fingerprint density at radius 3 is 2.47 bits per heavy atom. The molecule has 2 N–H and O–H groups in total. The predicted octanol–water partition coefficient (Wildman–Crippen LogP) is 1.22. The van der Waals surface area contributed by atoms with Gasteiger partial charge in [-0.25, -0.2) is 0 Å². The highest BCUT2D eigenvalue weighted by molar-refractivity contribution is 4.73. The lowest BCUT2D eigenvalue weighted by Gasteiger charge is -2.32. The minimum atomic E-state index is -0.182. The van der Waals surface area contributed by atoms with E-state index >= 15 is 0 Å². The fraction of sp³-hybridized carbons (Fsp3) is 1.00. The van der Waals surface area contributed by atoms with Gasteiger partial charge in [-0.05, 0) is 39.3 Å². The van der Waals surface area contributed by atoms with Crippen LogP contribution in [-0.4, -0.2) is 48.3 Å². The van der Waals surface area contributed by atoms with Crippen molar-refractivity contribution in [2.24, 2.45) is 0 Å². The van der Waals surface area contributed by atoms with Crippen LogP contribution >= 0.6 is 0 Å². The Kier molecular flexibility index (Phi) is 6.22. The molecule has 0 aliphatic carbocycles. The van der Waals surface area contributed by atoms with E-state index in [1.807, 2.05) is 6.92 Å². The predicted molar refractivity (Wildman–Crippen MR) is 64.1 cm³/mol. The molecule has 2 unspecified atom stereocenters. The molecule has 1 rings (SSSR count). The maximum atomic E-state index is 9.41. The first kappa shape index (κ1) is 12.9. The number of likely N-dealkylation sites (tertiary alicyclic amines) is 1. The van der Waals surface area contributed by atoms with Gasteiger partial charge in [0.05, 0.1) is 6.10 Å². The second-order valence-corrected chi connectivity index (χ2v) is 4.67. The molecular weight excluding hydrogens is 188 g/mol. The monoisotopic (exact) mass is 214 g/mol. The highest BCUT2D eigenvalue weighted by Crippen LogP contribution is 2.11. The third-order valence-corrected chi connectivity index (χ3v) is 3.30. The molecule has 2 atom stereocenters. The summed E-state index contributed by atoms with van der Waals surface area (Å²) < 4.78 is 0. The van der Waals surface area contributed by atoms with Crippen molar-refractivity contribution in [3.63, 3.8) is 0 Å². The van der Waals surface area contributed by atoms with E-state index in [0.717, 1.165) is 19.5 Å². The van der Waals surface area contributed by atoms with Crippen molar-refractivity contribution in [2.45, 2.75) is 51.7 Å². The van der Waals surface area contributed by atoms with Crippen molar-refractivity contribution in [2.75, 3.05) is 26.2 Å². The first-order valence-corrected chi connectivity index (χ1v) is 6.37. The van der Waals surface area contributed by atoms with Gasteiger partial charge >= 0.3 is 0 Å². The molecule has 0 bridgehead atoms. The van der Waals surface area contributed by atoms with Gasteiger partial charge in [-0.1, -0.05) is 13.3 Å². The van der Waals surface area contributed by atoms with Gasteiger partial charge in [0, 0.05) is 19.1 Å². The normalized spacial score (nSPS) is 22.6. The summed E-state index contributed by atoms with van der Waals surface area (Å²) >= 11 is 0. The zero-order valence-corrected chi connectivity index (χ0v) is 10.2. The third-order valence-electron chi connectivity index (χ3n) is 3.30. The number of piperidine rings is 1. The Morgan fingerprint density at radius 2 is 1.87 bits per heavy atom. The zero-order valence-electron chi connectivity index (χ0n) is 10.2. The highest BCUT2D eigenvalue weighted by Gasteiger charge is 2.16. The van der Waals surface area contributed by atoms with Crippen molar-refractivity contribution in [3.8, 4) is 0 Å². The summed E-state index contributed by atoms with van der Waals surface area (Å²) in [6.07, 6.45) is 4.75. The van der Waals surface area contributed by atoms with Crippen molar-refractivity contribution < 1.29 is 5.11 Å². The number of hydrogen-bond donors (Lipinski definition) is 2. The van der Waals surface area contributed by atoms with E-state index in [-0.39, 0.29) is 6.10 Å². The van der Waals surface area contributed by atoms with Crippen LogP contribution in [0.1, 0.15) is 39.5 Å². The van der Waals surface area contributed by atoms with Gasteiger partial charge in [0.15, 0.2) is 0 Å². The molecule has 1 aliphatic heterocycles. The Bertz CT molecular complexity index is 158. The molecule has 0 aromatic carbocycles. The van der Waals surface area contributed by atoms with Gasteiger partial charge in [-0.2, -0.15) is 0 Å². The minimum absolute atomic E-state index is 0.182. The van der Waals surface area contributed by atoms with Crippen LogP contribution in [-0.2, 0) is 0 Å². The molecule has 1 saturated heterocycles. The van der Waals surface area contributed by atoms with Crippen molar-refractivity contribution in [1.29, 1.82) is 0 Å². The summed E-state index contributed by atoms with van der Waals surface area (Å²) in [6, 6.07) is 0.606. The average Bonchev–Trinajstić information content (AvgIpc) is 2.29. The highest BCUT2D eigenvalue weighted by atomic mass is 16.3. The number of aliphatic hydroxyl groups excluding tert-OH is 1. The number of aliphatic hydroxyl groups is 1. The molecule has 1 heterocycles. The molecule has 0 aromatic heterocycles. The molecule has 0 saturated carbocycles. The summed E-state index contributed by atoms with van der Waals surface area (Å²) in [5.41, 5.74) is 0. The van der Waals surface area contributed by atoms with Crippen molar-refractivity contribution >= 4 is 0 Å². The molecule has 15 heavy (non-hydrogen) atoms. The van der Waals surface area contributed by atoms with Crippen LogP contribution in [0.4, 0.5) is 0 Å². The fourth-order valence-corrected chi connectivity index (χ4v) is 2.09. The Hall–Kier alpha value is -0.120. The van der Waals surface area contributed by atoms with Crippen LogP contribution in [0, 0.1) is 0 Å². The van der Waals surface area contributed by atoms with Crippen LogP contribution in [0.5, 0.6) is 0 Å². The minimum Gasteiger partial charge on any atom is -0.392 e. The van der Waals surface area contributed by atoms with E-state index in [9.17, 15) is 5.11 Å². The van der Waals surface area contributed by atoms with E-state index in [1.54, 1.807) is 0 Å². The summed E-state index contributed by atoms with van der Waals surface area (Å²) in [7, 11) is 0. The topological polar surface area (TPSA) is 35.5 Å². The number of nitrogens with zero attached hydrogens (tertiary/aromatic N) is 1. The van der Waals surface area contributed by atoms with E-state index in [2.05, 4.69) is 17.1 Å². The van der Waals surface area contributed by atoms with Gasteiger partial charge in [-0.3, -0.25) is 4.90 Å². The van der Waals surface area contributed by atoms with Gasteiger partial charge in [0.2, 0.25) is 0 Å². The van der Waals surface area contributed by atoms with Crippen molar-refractivity contribution in [3.05, 3.63) is 0 Å². The van der Waals surface area contributed by atoms with Crippen LogP contribution < -0.4 is 5.32 Å². The summed E-state index contributed by atoms with van der Waals surface area (Å²) in [6.45, 7) is 8.52. The zero-order chi connectivity index (χ0) is 11.1. The third kappa shape index (κ3) is 4.96. The van der Waals surface area contributed by atoms with E-state index in [1.165, 1.54) is 32.4 Å². The van der Waals surface area contributed by atoms with Crippen LogP contribution in [0.25, 0.3) is 0 Å². The molecule has 0 aromatic rings. The molecule has 3 nitrogen and oxygen atoms in total. The smallest absolute Gasteiger partial charge is 0.0662 e. The largest absolute Gasteiger partial charge is 0.392 e. The fourth-order valence-electron chi connectivity index (χ4n) is 2.09. The lowest BCUT2D eigenvalue weighted by Crippen LogP contribution is -2.44. The van der Waals surface area contributed by atoms with Crippen molar-refractivity contribution in [1.82, 2.24) is 10.2 Å². The van der Waals surface area contributed by atoms with Gasteiger partial charge in [-0.15, -0.1) is 0 Å². The van der Waals surface area contributed by atoms with Crippen LogP contribution in [0.15, 0.2) is 0 Å². The van der Waals surface area contributed by atoms with E-state index < -0.39 is 0 Å². The maximum absolute atomic E-state index is 9.41. The maximum Gasteiger partial charge on any atom is 0.0662 e. The number of hydrogen-bond acceptors (Lipinski definition) is 3. The quantitative estimate of drug-likeness (QED) is 0.698. The standard InChI is InChI=1S/C12H26N2O/c1-3-12(15)10-13-9-11(2)14-7-5-4-6-8-14/h11-13,15H,3-10H2,1-2H3. The summed E-state index contributed by atoms with van der Waals surface area (Å²) in [5, 5.41) is 12.7. The SMILES string of the molecule is CCC(O)CNCC(C)N1CCCCC1. The molecule has 3 heteroatoms. The molecule has 1 aliphatic rings. The van der Waals surface area contributed by atoms with Gasteiger partial charge < -0.3 is 10.4 Å². The lowest BCUT2D eigenvalue weighted by molar-refractivity contribution is 0.148. The number of rotatable bonds is 6. The second-order valence-electron chi connectivity index (χ2n) is 4.67. The summed E-state index contributed by atoms with van der Waals surface area (Å²) in [5.74, 6) is 0.